The highest BCUT2D eigenvalue weighted by Crippen LogP contribution is 2.27. The third-order valence-electron chi connectivity index (χ3n) is 2.68. The lowest BCUT2D eigenvalue weighted by Crippen LogP contribution is -2.42. The van der Waals surface area contributed by atoms with Crippen molar-refractivity contribution < 1.29 is 4.79 Å². The fraction of sp³-hybridized carbons (Fsp3) is 0.875. The SMILES string of the molecule is CC1CC(C)N(C)C1C(N)=O. The highest BCUT2D eigenvalue weighted by atomic mass is 16.1. The van der Waals surface area contributed by atoms with Crippen molar-refractivity contribution >= 4 is 5.91 Å². The van der Waals surface area contributed by atoms with E-state index in [2.05, 4.69) is 18.7 Å². The van der Waals surface area contributed by atoms with Crippen molar-refractivity contribution in [1.82, 2.24) is 4.90 Å². The van der Waals surface area contributed by atoms with Crippen molar-refractivity contribution in [3.63, 3.8) is 0 Å². The molecule has 0 aromatic heterocycles. The zero-order chi connectivity index (χ0) is 8.59. The van der Waals surface area contributed by atoms with E-state index in [-0.39, 0.29) is 11.9 Å². The van der Waals surface area contributed by atoms with Crippen molar-refractivity contribution in [3.8, 4) is 0 Å². The van der Waals surface area contributed by atoms with Crippen LogP contribution in [0, 0.1) is 5.92 Å². The molecule has 64 valence electrons. The van der Waals surface area contributed by atoms with Crippen LogP contribution in [0.1, 0.15) is 20.3 Å². The number of nitrogens with zero attached hydrogens (tertiary/aromatic N) is 1. The lowest BCUT2D eigenvalue weighted by Gasteiger charge is -2.21. The number of primary amides is 1. The molecule has 0 spiro atoms. The van der Waals surface area contributed by atoms with Crippen LogP contribution in [0.5, 0.6) is 0 Å². The van der Waals surface area contributed by atoms with Crippen LogP contribution >= 0.6 is 0 Å². The van der Waals surface area contributed by atoms with Gasteiger partial charge in [0.05, 0.1) is 6.04 Å². The van der Waals surface area contributed by atoms with Crippen LogP contribution in [-0.4, -0.2) is 29.9 Å². The number of nitrogens with two attached hydrogens (primary N) is 1. The van der Waals surface area contributed by atoms with E-state index in [0.29, 0.717) is 12.0 Å². The number of hydrogen-bond acceptors (Lipinski definition) is 2. The average Bonchev–Trinajstić information content (AvgIpc) is 2.07. The van der Waals surface area contributed by atoms with E-state index in [1.54, 1.807) is 0 Å². The first-order chi connectivity index (χ1) is 5.04. The molecule has 1 aliphatic rings. The van der Waals surface area contributed by atoms with E-state index in [1.807, 2.05) is 7.05 Å². The molecule has 1 amide bonds. The summed E-state index contributed by atoms with van der Waals surface area (Å²) >= 11 is 0. The predicted octanol–water partition coefficient (Wildman–Crippen LogP) is 0.200. The van der Waals surface area contributed by atoms with Crippen molar-refractivity contribution in [1.29, 1.82) is 0 Å². The summed E-state index contributed by atoms with van der Waals surface area (Å²) in [5.41, 5.74) is 5.26. The van der Waals surface area contributed by atoms with Gasteiger partial charge >= 0.3 is 0 Å². The van der Waals surface area contributed by atoms with E-state index in [1.165, 1.54) is 0 Å². The van der Waals surface area contributed by atoms with Gasteiger partial charge in [-0.1, -0.05) is 6.92 Å². The lowest BCUT2D eigenvalue weighted by molar-refractivity contribution is -0.123. The first-order valence-electron chi connectivity index (χ1n) is 4.05. The van der Waals surface area contributed by atoms with Crippen LogP contribution < -0.4 is 5.73 Å². The molecule has 1 fully saturated rings. The molecule has 3 heteroatoms. The van der Waals surface area contributed by atoms with Gasteiger partial charge in [0, 0.05) is 6.04 Å². The highest BCUT2D eigenvalue weighted by Gasteiger charge is 2.37. The Morgan fingerprint density at radius 1 is 1.55 bits per heavy atom. The molecule has 11 heavy (non-hydrogen) atoms. The van der Waals surface area contributed by atoms with Gasteiger partial charge in [-0.25, -0.2) is 0 Å². The topological polar surface area (TPSA) is 46.3 Å². The Labute approximate surface area is 67.5 Å². The van der Waals surface area contributed by atoms with Gasteiger partial charge in [0.1, 0.15) is 0 Å². The Balaban J connectivity index is 2.71. The molecule has 3 nitrogen and oxygen atoms in total. The third kappa shape index (κ3) is 1.38. The van der Waals surface area contributed by atoms with Crippen LogP contribution in [0.4, 0.5) is 0 Å². The Morgan fingerprint density at radius 2 is 2.09 bits per heavy atom. The molecule has 1 heterocycles. The summed E-state index contributed by atoms with van der Waals surface area (Å²) in [5, 5.41) is 0. The van der Waals surface area contributed by atoms with Gasteiger partial charge in [0.15, 0.2) is 0 Å². The third-order valence-corrected chi connectivity index (χ3v) is 2.68. The molecule has 2 N–H and O–H groups in total. The van der Waals surface area contributed by atoms with Gasteiger partial charge in [-0.15, -0.1) is 0 Å². The van der Waals surface area contributed by atoms with Gasteiger partial charge < -0.3 is 5.73 Å². The van der Waals surface area contributed by atoms with Gasteiger partial charge in [-0.3, -0.25) is 9.69 Å². The largest absolute Gasteiger partial charge is 0.368 e. The molecular formula is C8H16N2O. The molecule has 3 atom stereocenters. The number of rotatable bonds is 1. The first-order valence-corrected chi connectivity index (χ1v) is 4.05. The molecule has 0 aromatic rings. The Bertz CT molecular complexity index is 169. The fourth-order valence-corrected chi connectivity index (χ4v) is 1.99. The maximum Gasteiger partial charge on any atom is 0.235 e. The van der Waals surface area contributed by atoms with Gasteiger partial charge in [0.25, 0.3) is 0 Å². The zero-order valence-corrected chi connectivity index (χ0v) is 7.37. The Kier molecular flexibility index (Phi) is 2.18. The second kappa shape index (κ2) is 2.81. The molecule has 1 saturated heterocycles. The monoisotopic (exact) mass is 156 g/mol. The van der Waals surface area contributed by atoms with Crippen molar-refractivity contribution in [2.24, 2.45) is 11.7 Å². The normalized spacial score (nSPS) is 39.4. The summed E-state index contributed by atoms with van der Waals surface area (Å²) in [6, 6.07) is 0.437. The molecule has 3 unspecified atom stereocenters. The van der Waals surface area contributed by atoms with Gasteiger partial charge in [-0.05, 0) is 26.3 Å². The zero-order valence-electron chi connectivity index (χ0n) is 7.37. The van der Waals surface area contributed by atoms with Crippen molar-refractivity contribution in [2.45, 2.75) is 32.4 Å². The standard InChI is InChI=1S/C8H16N2O/c1-5-4-6(2)10(3)7(5)8(9)11/h5-7H,4H2,1-3H3,(H2,9,11). The maximum absolute atomic E-state index is 10.9. The van der Waals surface area contributed by atoms with E-state index in [9.17, 15) is 4.79 Å². The van der Waals surface area contributed by atoms with Gasteiger partial charge in [0.2, 0.25) is 5.91 Å². The summed E-state index contributed by atoms with van der Waals surface area (Å²) in [5.74, 6) is 0.219. The van der Waals surface area contributed by atoms with E-state index in [0.717, 1.165) is 6.42 Å². The lowest BCUT2D eigenvalue weighted by atomic mass is 10.0. The molecule has 0 radical (unpaired) electrons. The quantitative estimate of drug-likeness (QED) is 0.589. The minimum Gasteiger partial charge on any atom is -0.368 e. The van der Waals surface area contributed by atoms with E-state index >= 15 is 0 Å². The summed E-state index contributed by atoms with van der Waals surface area (Å²) in [7, 11) is 1.96. The number of likely N-dealkylation sites (N-methyl/N-ethyl adjacent to an activating group) is 1. The minimum absolute atomic E-state index is 0.0509. The molecule has 0 aromatic carbocycles. The van der Waals surface area contributed by atoms with Crippen LogP contribution in [0.3, 0.4) is 0 Å². The van der Waals surface area contributed by atoms with E-state index < -0.39 is 0 Å². The number of hydrogen-bond donors (Lipinski definition) is 1. The molecular weight excluding hydrogens is 140 g/mol. The van der Waals surface area contributed by atoms with Crippen LogP contribution in [0.15, 0.2) is 0 Å². The summed E-state index contributed by atoms with van der Waals surface area (Å²) in [6.07, 6.45) is 1.07. The number of carbonyl (C=O) groups excluding carboxylic acids is 1. The minimum atomic E-state index is -0.190. The summed E-state index contributed by atoms with van der Waals surface area (Å²) in [4.78, 5) is 13.0. The second-order valence-electron chi connectivity index (χ2n) is 3.57. The second-order valence-corrected chi connectivity index (χ2v) is 3.57. The van der Waals surface area contributed by atoms with Crippen molar-refractivity contribution in [3.05, 3.63) is 0 Å². The van der Waals surface area contributed by atoms with E-state index in [4.69, 9.17) is 5.73 Å². The number of amides is 1. The maximum atomic E-state index is 10.9. The van der Waals surface area contributed by atoms with Crippen LogP contribution in [0.2, 0.25) is 0 Å². The average molecular weight is 156 g/mol. The number of carbonyl (C=O) groups is 1. The van der Waals surface area contributed by atoms with Crippen LogP contribution in [-0.2, 0) is 4.79 Å². The molecule has 1 rings (SSSR count). The fourth-order valence-electron chi connectivity index (χ4n) is 1.99. The molecule has 0 bridgehead atoms. The predicted molar refractivity (Wildman–Crippen MR) is 44.0 cm³/mol. The summed E-state index contributed by atoms with van der Waals surface area (Å²) < 4.78 is 0. The van der Waals surface area contributed by atoms with Crippen molar-refractivity contribution in [2.75, 3.05) is 7.05 Å². The molecule has 0 aliphatic carbocycles. The molecule has 1 aliphatic heterocycles. The smallest absolute Gasteiger partial charge is 0.235 e. The Morgan fingerprint density at radius 3 is 2.27 bits per heavy atom. The van der Waals surface area contributed by atoms with Gasteiger partial charge in [-0.2, -0.15) is 0 Å². The Hall–Kier alpha value is -0.570. The summed E-state index contributed by atoms with van der Waals surface area (Å²) in [6.45, 7) is 4.20. The molecule has 0 saturated carbocycles. The first kappa shape index (κ1) is 8.53. The number of likely N-dealkylation sites (tertiary alicyclic amines) is 1. The van der Waals surface area contributed by atoms with Crippen LogP contribution in [0.25, 0.3) is 0 Å². The highest BCUT2D eigenvalue weighted by molar-refractivity contribution is 5.80.